The van der Waals surface area contributed by atoms with Crippen LogP contribution in [0.25, 0.3) is 0 Å². The van der Waals surface area contributed by atoms with Gasteiger partial charge in [-0.2, -0.15) is 0 Å². The van der Waals surface area contributed by atoms with Gasteiger partial charge in [0.25, 0.3) is 0 Å². The van der Waals surface area contributed by atoms with E-state index in [4.69, 9.17) is 0 Å². The molecule has 25 heavy (non-hydrogen) atoms. The molecule has 0 aromatic rings. The second-order valence-corrected chi connectivity index (χ2v) is 10.00. The largest absolute Gasteiger partial charge is 0.353 e. The Balaban J connectivity index is 1.56. The van der Waals surface area contributed by atoms with E-state index in [1.165, 1.54) is 32.1 Å². The lowest BCUT2D eigenvalue weighted by molar-refractivity contribution is -0.139. The minimum atomic E-state index is 0.218. The first kappa shape index (κ1) is 17.5. The van der Waals surface area contributed by atoms with Gasteiger partial charge in [0.15, 0.2) is 0 Å². The molecule has 140 valence electrons. The van der Waals surface area contributed by atoms with Crippen molar-refractivity contribution in [2.24, 2.45) is 34.5 Å². The molecule has 0 aromatic carbocycles. The zero-order chi connectivity index (χ0) is 17.8. The van der Waals surface area contributed by atoms with Crippen LogP contribution < -0.4 is 5.32 Å². The molecular weight excluding hydrogens is 310 g/mol. The lowest BCUT2D eigenvalue weighted by Crippen LogP contribution is -2.55. The van der Waals surface area contributed by atoms with Gasteiger partial charge in [-0.05, 0) is 79.4 Å². The number of fused-ring (bicyclic) bond motifs is 5. The number of Topliss-reactive ketones (excluding diaryl/α,β-unsaturated/α-hetero) is 1. The zero-order valence-corrected chi connectivity index (χ0v) is 16.3. The number of carbonyl (C=O) groups is 2. The molecule has 0 radical (unpaired) electrons. The molecule has 4 saturated carbocycles. The number of nitrogens with one attached hydrogen (secondary N) is 1. The average Bonchev–Trinajstić information content (AvgIpc) is 2.92. The van der Waals surface area contributed by atoms with Crippen LogP contribution in [0, 0.1) is 34.5 Å². The van der Waals surface area contributed by atoms with Crippen molar-refractivity contribution in [2.75, 3.05) is 0 Å². The van der Waals surface area contributed by atoms with Gasteiger partial charge in [-0.25, -0.2) is 0 Å². The maximum Gasteiger partial charge on any atom is 0.219 e. The number of rotatable bonds is 2. The van der Waals surface area contributed by atoms with Gasteiger partial charge in [-0.3, -0.25) is 9.59 Å². The van der Waals surface area contributed by atoms with Crippen molar-refractivity contribution in [1.29, 1.82) is 0 Å². The topological polar surface area (TPSA) is 46.2 Å². The minimum Gasteiger partial charge on any atom is -0.353 e. The summed E-state index contributed by atoms with van der Waals surface area (Å²) in [5, 5.41) is 3.35. The second kappa shape index (κ2) is 6.09. The van der Waals surface area contributed by atoms with Crippen LogP contribution in [0.2, 0.25) is 0 Å². The first-order valence-electron chi connectivity index (χ1n) is 10.7. The van der Waals surface area contributed by atoms with Crippen LogP contribution in [-0.4, -0.2) is 17.7 Å². The van der Waals surface area contributed by atoms with Gasteiger partial charge in [-0.15, -0.1) is 0 Å². The predicted molar refractivity (Wildman–Crippen MR) is 99.0 cm³/mol. The molecule has 0 heterocycles. The van der Waals surface area contributed by atoms with Crippen LogP contribution in [0.15, 0.2) is 0 Å². The van der Waals surface area contributed by atoms with Crippen LogP contribution in [0.5, 0.6) is 0 Å². The van der Waals surface area contributed by atoms with E-state index in [-0.39, 0.29) is 5.91 Å². The molecule has 4 rings (SSSR count). The molecule has 0 aliphatic heterocycles. The van der Waals surface area contributed by atoms with Crippen LogP contribution in [0.3, 0.4) is 0 Å². The number of ketones is 1. The van der Waals surface area contributed by atoms with Crippen LogP contribution in [0.1, 0.15) is 85.0 Å². The van der Waals surface area contributed by atoms with E-state index in [0.717, 1.165) is 43.4 Å². The van der Waals surface area contributed by atoms with Crippen molar-refractivity contribution >= 4 is 11.7 Å². The summed E-state index contributed by atoms with van der Waals surface area (Å²) in [5.41, 5.74) is 0.683. The summed E-state index contributed by atoms with van der Waals surface area (Å²) < 4.78 is 0. The monoisotopic (exact) mass is 345 g/mol. The van der Waals surface area contributed by atoms with Crippen LogP contribution >= 0.6 is 0 Å². The van der Waals surface area contributed by atoms with Crippen LogP contribution in [-0.2, 0) is 9.59 Å². The summed E-state index contributed by atoms with van der Waals surface area (Å²) in [6.07, 6.45) is 10.9. The second-order valence-electron chi connectivity index (χ2n) is 10.00. The highest BCUT2D eigenvalue weighted by molar-refractivity contribution is 5.79. The Morgan fingerprint density at radius 1 is 1.04 bits per heavy atom. The summed E-state index contributed by atoms with van der Waals surface area (Å²) in [6.45, 7) is 6.92. The van der Waals surface area contributed by atoms with Gasteiger partial charge in [0.05, 0.1) is 0 Å². The highest BCUT2D eigenvalue weighted by atomic mass is 16.1. The quantitative estimate of drug-likeness (QED) is 0.801. The molecule has 1 amide bonds. The number of hydrogen-bond acceptors (Lipinski definition) is 2. The fraction of sp³-hybridized carbons (Fsp3) is 0.909. The first-order chi connectivity index (χ1) is 11.9. The maximum absolute atomic E-state index is 12.0. The Bertz CT molecular complexity index is 572. The Morgan fingerprint density at radius 3 is 2.56 bits per heavy atom. The van der Waals surface area contributed by atoms with Crippen molar-refractivity contribution in [1.82, 2.24) is 5.32 Å². The molecule has 4 aliphatic carbocycles. The van der Waals surface area contributed by atoms with E-state index < -0.39 is 0 Å². The van der Waals surface area contributed by atoms with Gasteiger partial charge < -0.3 is 5.32 Å². The third-order valence-corrected chi connectivity index (χ3v) is 9.14. The summed E-state index contributed by atoms with van der Waals surface area (Å²) >= 11 is 0. The zero-order valence-electron chi connectivity index (χ0n) is 16.3. The Hall–Kier alpha value is -0.860. The van der Waals surface area contributed by atoms with Crippen molar-refractivity contribution in [3.05, 3.63) is 0 Å². The van der Waals surface area contributed by atoms with E-state index in [1.807, 2.05) is 6.92 Å². The van der Waals surface area contributed by atoms with E-state index in [2.05, 4.69) is 19.2 Å². The molecule has 3 nitrogen and oxygen atoms in total. The Morgan fingerprint density at radius 2 is 1.80 bits per heavy atom. The summed E-state index contributed by atoms with van der Waals surface area (Å²) in [6, 6.07) is 0.379. The van der Waals surface area contributed by atoms with Crippen molar-refractivity contribution in [3.63, 3.8) is 0 Å². The third-order valence-electron chi connectivity index (χ3n) is 9.14. The van der Waals surface area contributed by atoms with Crippen LogP contribution in [0.4, 0.5) is 0 Å². The summed E-state index contributed by atoms with van der Waals surface area (Å²) in [7, 11) is 0. The molecule has 0 saturated heterocycles. The molecule has 0 aromatic heterocycles. The lowest BCUT2D eigenvalue weighted by atomic mass is 9.45. The Labute approximate surface area is 152 Å². The highest BCUT2D eigenvalue weighted by Crippen LogP contribution is 2.65. The third kappa shape index (κ3) is 2.59. The molecule has 0 bridgehead atoms. The molecular formula is C22H35NO2. The minimum absolute atomic E-state index is 0.218. The molecule has 1 N–H and O–H groups in total. The normalized spacial score (nSPS) is 49.1. The molecule has 3 heteroatoms. The van der Waals surface area contributed by atoms with Gasteiger partial charge in [0.2, 0.25) is 5.91 Å². The molecule has 4 fully saturated rings. The van der Waals surface area contributed by atoms with Crippen molar-refractivity contribution in [2.45, 2.75) is 91.0 Å². The fourth-order valence-electron chi connectivity index (χ4n) is 7.58. The van der Waals surface area contributed by atoms with Gasteiger partial charge >= 0.3 is 0 Å². The van der Waals surface area contributed by atoms with Crippen molar-refractivity contribution in [3.8, 4) is 0 Å². The molecule has 1 unspecified atom stereocenters. The van der Waals surface area contributed by atoms with Gasteiger partial charge in [0, 0.05) is 25.3 Å². The van der Waals surface area contributed by atoms with E-state index in [9.17, 15) is 9.59 Å². The fourth-order valence-corrected chi connectivity index (χ4v) is 7.58. The standard InChI is InChI=1S/C22H35NO2/c1-4-20(25)23-19-8-7-17-16-6-5-14-13-15(24)9-11-21(14,2)18(16)10-12-22(17,19)3/h14,16-19H,4-13H2,1-3H3,(H,23,25)/t14-,16-,17-,18-,19?,21-,22-/m0/s1. The molecule has 0 spiro atoms. The number of carbonyl (C=O) groups excluding carboxylic acids is 2. The SMILES string of the molecule is CCC(=O)NC1CC[C@H]2[C@@H]3CC[C@H]4CC(=O)CC[C@]4(C)[C@H]3CC[C@]12C. The van der Waals surface area contributed by atoms with E-state index >= 15 is 0 Å². The number of hydrogen-bond donors (Lipinski definition) is 1. The van der Waals surface area contributed by atoms with Crippen molar-refractivity contribution < 1.29 is 9.59 Å². The van der Waals surface area contributed by atoms with E-state index in [1.54, 1.807) is 0 Å². The maximum atomic E-state index is 12.0. The summed E-state index contributed by atoms with van der Waals surface area (Å²) in [5.74, 6) is 3.75. The first-order valence-corrected chi connectivity index (χ1v) is 10.7. The van der Waals surface area contributed by atoms with Gasteiger partial charge in [0.1, 0.15) is 5.78 Å². The summed E-state index contributed by atoms with van der Waals surface area (Å²) in [4.78, 5) is 24.0. The number of amides is 1. The Kier molecular flexibility index (Phi) is 4.28. The smallest absolute Gasteiger partial charge is 0.219 e. The predicted octanol–water partition coefficient (Wildman–Crippen LogP) is 4.49. The molecule has 7 atom stereocenters. The molecule has 4 aliphatic rings. The van der Waals surface area contributed by atoms with E-state index in [0.29, 0.717) is 35.0 Å². The highest BCUT2D eigenvalue weighted by Gasteiger charge is 2.60. The lowest BCUT2D eigenvalue weighted by Gasteiger charge is -2.60. The average molecular weight is 346 g/mol. The van der Waals surface area contributed by atoms with Gasteiger partial charge in [-0.1, -0.05) is 20.8 Å².